The molecule has 0 N–H and O–H groups in total. The van der Waals surface area contributed by atoms with Crippen LogP contribution < -0.4 is 4.90 Å². The lowest BCUT2D eigenvalue weighted by Crippen LogP contribution is -2.46. The van der Waals surface area contributed by atoms with Crippen LogP contribution in [0.1, 0.15) is 40.9 Å². The van der Waals surface area contributed by atoms with Gasteiger partial charge in [0.1, 0.15) is 11.7 Å². The van der Waals surface area contributed by atoms with Crippen molar-refractivity contribution in [3.8, 4) is 6.07 Å². The summed E-state index contributed by atoms with van der Waals surface area (Å²) in [7, 11) is 4.99. The highest BCUT2D eigenvalue weighted by molar-refractivity contribution is 5.96. The first-order valence-electron chi connectivity index (χ1n) is 11.3. The van der Waals surface area contributed by atoms with Gasteiger partial charge in [-0.15, -0.1) is 0 Å². The average molecular weight is 489 g/mol. The number of hydrogen-bond acceptors (Lipinski definition) is 5. The van der Waals surface area contributed by atoms with Crippen LogP contribution in [0.2, 0.25) is 0 Å². The lowest BCUT2D eigenvalue weighted by atomic mass is 9.76. The van der Waals surface area contributed by atoms with Crippen LogP contribution in [-0.2, 0) is 18.0 Å². The Kier molecular flexibility index (Phi) is 6.25. The van der Waals surface area contributed by atoms with Crippen molar-refractivity contribution in [3.05, 3.63) is 47.3 Å². The van der Waals surface area contributed by atoms with E-state index in [-0.39, 0.29) is 17.2 Å². The average Bonchev–Trinajstić information content (AvgIpc) is 3.41. The number of benzene rings is 1. The molecular formula is C24H27F3N6O2. The topological polar surface area (TPSA) is 85.5 Å². The molecule has 1 spiro atoms. The molecule has 3 heterocycles. The van der Waals surface area contributed by atoms with Crippen molar-refractivity contribution in [2.75, 3.05) is 38.6 Å². The Morgan fingerprint density at radius 1 is 1.20 bits per heavy atom. The number of likely N-dealkylation sites (tertiary alicyclic amines) is 1. The minimum absolute atomic E-state index is 0.151. The van der Waals surface area contributed by atoms with Gasteiger partial charge < -0.3 is 14.7 Å². The number of likely N-dealkylation sites (N-methyl/N-ethyl adjacent to an activating group) is 1. The van der Waals surface area contributed by atoms with Crippen molar-refractivity contribution < 1.29 is 22.8 Å². The fourth-order valence-corrected chi connectivity index (χ4v) is 5.18. The zero-order valence-corrected chi connectivity index (χ0v) is 19.8. The molecule has 1 atom stereocenters. The Hall–Kier alpha value is -3.55. The summed E-state index contributed by atoms with van der Waals surface area (Å²) in [6.45, 7) is 1.37. The molecule has 2 fully saturated rings. The summed E-state index contributed by atoms with van der Waals surface area (Å²) in [6, 6.07) is 6.40. The molecule has 0 saturated carbocycles. The molecule has 2 amide bonds. The number of carbonyl (C=O) groups excluding carboxylic acids is 2. The number of piperidine rings is 1. The number of nitrogens with zero attached hydrogens (tertiary/aromatic N) is 6. The number of alkyl halides is 3. The molecule has 1 unspecified atom stereocenters. The standard InChI is InChI=1S/C24H27F3N6O2/c1-30(2)21(34)20-13-23(15-33(20)22(35)19-6-9-29-31(19)3)7-10-32(11-8-23)17-5-4-16(14-28)18(12-17)24(25,26)27/h4-6,9,12,20H,7-8,10-11,13,15H2,1-3H3. The predicted octanol–water partition coefficient (Wildman–Crippen LogP) is 2.90. The predicted molar refractivity (Wildman–Crippen MR) is 121 cm³/mol. The molecule has 0 bridgehead atoms. The van der Waals surface area contributed by atoms with Gasteiger partial charge in [-0.3, -0.25) is 14.3 Å². The van der Waals surface area contributed by atoms with Crippen LogP contribution in [0, 0.1) is 16.7 Å². The second-order valence-corrected chi connectivity index (χ2v) is 9.55. The highest BCUT2D eigenvalue weighted by Crippen LogP contribution is 2.45. The zero-order chi connectivity index (χ0) is 25.5. The maximum atomic E-state index is 13.4. The van der Waals surface area contributed by atoms with Crippen molar-refractivity contribution in [1.82, 2.24) is 19.6 Å². The summed E-state index contributed by atoms with van der Waals surface area (Å²) in [4.78, 5) is 31.3. The summed E-state index contributed by atoms with van der Waals surface area (Å²) in [5, 5.41) is 13.1. The minimum atomic E-state index is -4.62. The van der Waals surface area contributed by atoms with E-state index in [0.29, 0.717) is 50.3 Å². The third-order valence-electron chi connectivity index (χ3n) is 7.15. The van der Waals surface area contributed by atoms with Gasteiger partial charge >= 0.3 is 6.18 Å². The molecule has 11 heteroatoms. The number of carbonyl (C=O) groups is 2. The van der Waals surface area contributed by atoms with Gasteiger partial charge in [0.05, 0.1) is 17.2 Å². The second-order valence-electron chi connectivity index (χ2n) is 9.55. The Balaban J connectivity index is 1.55. The van der Waals surface area contributed by atoms with E-state index in [2.05, 4.69) is 5.10 Å². The van der Waals surface area contributed by atoms with Crippen LogP contribution in [0.4, 0.5) is 18.9 Å². The molecule has 2 aliphatic heterocycles. The summed E-state index contributed by atoms with van der Waals surface area (Å²) >= 11 is 0. The van der Waals surface area contributed by atoms with Gasteiger partial charge in [0.15, 0.2) is 0 Å². The highest BCUT2D eigenvalue weighted by Gasteiger charge is 2.50. The molecule has 2 saturated heterocycles. The maximum Gasteiger partial charge on any atom is 0.417 e. The van der Waals surface area contributed by atoms with Crippen LogP contribution in [-0.4, -0.2) is 71.2 Å². The van der Waals surface area contributed by atoms with Crippen LogP contribution >= 0.6 is 0 Å². The normalized spacial score (nSPS) is 19.6. The van der Waals surface area contributed by atoms with Crippen LogP contribution in [0.5, 0.6) is 0 Å². The molecule has 1 aromatic heterocycles. The number of rotatable bonds is 3. The van der Waals surface area contributed by atoms with E-state index in [0.717, 1.165) is 6.07 Å². The van der Waals surface area contributed by atoms with Crippen LogP contribution in [0.15, 0.2) is 30.5 Å². The van der Waals surface area contributed by atoms with Crippen molar-refractivity contribution in [1.29, 1.82) is 5.26 Å². The lowest BCUT2D eigenvalue weighted by Gasteiger charge is -2.40. The molecule has 4 rings (SSSR count). The van der Waals surface area contributed by atoms with Gasteiger partial charge in [-0.1, -0.05) is 0 Å². The van der Waals surface area contributed by atoms with Gasteiger partial charge in [0.2, 0.25) is 5.91 Å². The molecule has 35 heavy (non-hydrogen) atoms. The molecule has 2 aromatic rings. The first kappa shape index (κ1) is 24.6. The van der Waals surface area contributed by atoms with Gasteiger partial charge in [0.25, 0.3) is 5.91 Å². The smallest absolute Gasteiger partial charge is 0.371 e. The first-order chi connectivity index (χ1) is 16.5. The molecule has 2 aliphatic rings. The quantitative estimate of drug-likeness (QED) is 0.663. The summed E-state index contributed by atoms with van der Waals surface area (Å²) in [6.07, 6.45) is -1.33. The van der Waals surface area contributed by atoms with Crippen molar-refractivity contribution in [2.24, 2.45) is 12.5 Å². The number of anilines is 1. The van der Waals surface area contributed by atoms with E-state index < -0.39 is 23.3 Å². The second kappa shape index (κ2) is 8.91. The number of aryl methyl sites for hydroxylation is 1. The third-order valence-corrected chi connectivity index (χ3v) is 7.15. The van der Waals surface area contributed by atoms with Gasteiger partial charge in [-0.25, -0.2) is 0 Å². The Labute approximate surface area is 201 Å². The van der Waals surface area contributed by atoms with Crippen LogP contribution in [0.25, 0.3) is 0 Å². The van der Waals surface area contributed by atoms with E-state index in [4.69, 9.17) is 5.26 Å². The lowest BCUT2D eigenvalue weighted by molar-refractivity contribution is -0.137. The Bertz CT molecular complexity index is 1170. The fourth-order valence-electron chi connectivity index (χ4n) is 5.18. The molecule has 1 aromatic carbocycles. The third kappa shape index (κ3) is 4.57. The molecule has 0 aliphatic carbocycles. The van der Waals surface area contributed by atoms with E-state index in [9.17, 15) is 22.8 Å². The van der Waals surface area contributed by atoms with Crippen LogP contribution in [0.3, 0.4) is 0 Å². The van der Waals surface area contributed by atoms with E-state index in [1.54, 1.807) is 38.2 Å². The van der Waals surface area contributed by atoms with Crippen molar-refractivity contribution >= 4 is 17.5 Å². The minimum Gasteiger partial charge on any atom is -0.371 e. The summed E-state index contributed by atoms with van der Waals surface area (Å²) in [5.74, 6) is -0.409. The molecule has 186 valence electrons. The Morgan fingerprint density at radius 2 is 1.89 bits per heavy atom. The van der Waals surface area contributed by atoms with E-state index >= 15 is 0 Å². The van der Waals surface area contributed by atoms with Gasteiger partial charge in [0, 0.05) is 52.7 Å². The number of halogens is 3. The monoisotopic (exact) mass is 488 g/mol. The fraction of sp³-hybridized carbons (Fsp3) is 0.500. The number of nitriles is 1. The zero-order valence-electron chi connectivity index (χ0n) is 19.8. The van der Waals surface area contributed by atoms with Crippen molar-refractivity contribution in [2.45, 2.75) is 31.5 Å². The number of amides is 2. The summed E-state index contributed by atoms with van der Waals surface area (Å²) in [5.41, 5.74) is -0.843. The number of aromatic nitrogens is 2. The SMILES string of the molecule is CN(C)C(=O)C1CC2(CCN(c3ccc(C#N)c(C(F)(F)F)c3)CC2)CN1C(=O)c1ccnn1C. The van der Waals surface area contributed by atoms with E-state index in [1.807, 2.05) is 4.90 Å². The summed E-state index contributed by atoms with van der Waals surface area (Å²) < 4.78 is 41.7. The van der Waals surface area contributed by atoms with E-state index in [1.165, 1.54) is 27.9 Å². The highest BCUT2D eigenvalue weighted by atomic mass is 19.4. The van der Waals surface area contributed by atoms with Crippen molar-refractivity contribution in [3.63, 3.8) is 0 Å². The molecular weight excluding hydrogens is 461 g/mol. The van der Waals surface area contributed by atoms with Gasteiger partial charge in [-0.2, -0.15) is 23.5 Å². The number of hydrogen-bond donors (Lipinski definition) is 0. The maximum absolute atomic E-state index is 13.4. The molecule has 8 nitrogen and oxygen atoms in total. The first-order valence-corrected chi connectivity index (χ1v) is 11.3. The largest absolute Gasteiger partial charge is 0.417 e. The van der Waals surface area contributed by atoms with Gasteiger partial charge in [-0.05, 0) is 48.9 Å². The molecule has 0 radical (unpaired) electrons. The Morgan fingerprint density at radius 3 is 2.43 bits per heavy atom.